The fourth-order valence-electron chi connectivity index (χ4n) is 4.16. The largest absolute Gasteiger partial charge is 0.356 e. The maximum atomic E-state index is 13.3. The summed E-state index contributed by atoms with van der Waals surface area (Å²) in [6.45, 7) is 3.63. The average Bonchev–Trinajstić information content (AvgIpc) is 3.40. The molecule has 10 heteroatoms. The van der Waals surface area contributed by atoms with Gasteiger partial charge in [0.25, 0.3) is 5.91 Å². The molecule has 0 aliphatic heterocycles. The van der Waals surface area contributed by atoms with Gasteiger partial charge in [0.1, 0.15) is 11.5 Å². The lowest BCUT2D eigenvalue weighted by atomic mass is 9.90. The Hall–Kier alpha value is -4.02. The summed E-state index contributed by atoms with van der Waals surface area (Å²) in [7, 11) is -2.22. The van der Waals surface area contributed by atoms with Crippen molar-refractivity contribution in [1.29, 1.82) is 0 Å². The van der Waals surface area contributed by atoms with E-state index in [1.807, 2.05) is 37.3 Å². The number of carbonyl (C=O) groups is 1. The number of anilines is 1. The van der Waals surface area contributed by atoms with Crippen LogP contribution in [0.2, 0.25) is 0 Å². The smallest absolute Gasteiger partial charge is 0.251 e. The minimum absolute atomic E-state index is 0.213. The highest BCUT2D eigenvalue weighted by Gasteiger charge is 2.27. The Morgan fingerprint density at radius 3 is 2.41 bits per heavy atom. The third kappa shape index (κ3) is 6.71. The molecule has 4 aromatic rings. The zero-order chi connectivity index (χ0) is 28.4. The Kier molecular flexibility index (Phi) is 7.89. The maximum Gasteiger partial charge on any atom is 0.251 e. The van der Waals surface area contributed by atoms with Crippen molar-refractivity contribution in [2.45, 2.75) is 31.8 Å². The molecule has 39 heavy (non-hydrogen) atoms. The van der Waals surface area contributed by atoms with Crippen molar-refractivity contribution in [3.05, 3.63) is 107 Å². The number of nitrogens with two attached hydrogens (primary N) is 1. The highest BCUT2D eigenvalue weighted by molar-refractivity contribution is 7.92. The van der Waals surface area contributed by atoms with Crippen LogP contribution in [0.5, 0.6) is 0 Å². The first kappa shape index (κ1) is 28.0. The monoisotopic (exact) mass is 550 g/mol. The van der Waals surface area contributed by atoms with Gasteiger partial charge >= 0.3 is 0 Å². The summed E-state index contributed by atoms with van der Waals surface area (Å²) in [6.07, 6.45) is 1.59. The number of benzene rings is 3. The lowest BCUT2D eigenvalue weighted by Crippen LogP contribution is -2.35. The highest BCUT2D eigenvalue weighted by Crippen LogP contribution is 2.31. The summed E-state index contributed by atoms with van der Waals surface area (Å²) in [5.74, 6) is -0.481. The van der Waals surface area contributed by atoms with E-state index in [9.17, 15) is 17.6 Å². The minimum atomic E-state index is -3.62. The molecule has 3 aromatic carbocycles. The van der Waals surface area contributed by atoms with Gasteiger partial charge in [-0.15, -0.1) is 0 Å². The van der Waals surface area contributed by atoms with Gasteiger partial charge in [0, 0.05) is 24.2 Å². The molecule has 0 saturated heterocycles. The lowest BCUT2D eigenvalue weighted by molar-refractivity contribution is 0.0940. The zero-order valence-electron chi connectivity index (χ0n) is 22.2. The minimum Gasteiger partial charge on any atom is -0.356 e. The number of nitrogens with one attached hydrogen (secondary N) is 1. The van der Waals surface area contributed by atoms with Crippen LogP contribution in [-0.2, 0) is 22.0 Å². The first-order chi connectivity index (χ1) is 18.3. The van der Waals surface area contributed by atoms with Crippen LogP contribution >= 0.6 is 0 Å². The number of carbonyl (C=O) groups excluding carboxylic acids is 1. The van der Waals surface area contributed by atoms with E-state index >= 15 is 0 Å². The molecule has 0 aliphatic carbocycles. The second-order valence-corrected chi connectivity index (χ2v) is 11.9. The standard InChI is InChI=1S/C29H31FN4O4S/c1-19(21-10-12-24(30)13-11-21)32-28(35)23-14-22(15-25(16-23)34(3)39(4,36)37)26-17-27(33-38-26)29(2,31)18-20-8-6-5-7-9-20/h5-17,19H,18,31H2,1-4H3,(H,32,35)/t19-,29?/m1/s1. The molecular formula is C29H31FN4O4S. The Morgan fingerprint density at radius 2 is 1.77 bits per heavy atom. The summed E-state index contributed by atoms with van der Waals surface area (Å²) in [5, 5.41) is 7.07. The number of hydrogen-bond acceptors (Lipinski definition) is 6. The molecule has 3 N–H and O–H groups in total. The number of nitrogens with zero attached hydrogens (tertiary/aromatic N) is 2. The molecule has 1 unspecified atom stereocenters. The highest BCUT2D eigenvalue weighted by atomic mass is 32.2. The van der Waals surface area contributed by atoms with Crippen LogP contribution in [0.3, 0.4) is 0 Å². The van der Waals surface area contributed by atoms with Gasteiger partial charge in [0.05, 0.1) is 23.5 Å². The average molecular weight is 551 g/mol. The van der Waals surface area contributed by atoms with Crippen LogP contribution in [0.25, 0.3) is 11.3 Å². The van der Waals surface area contributed by atoms with Crippen molar-refractivity contribution < 1.29 is 22.1 Å². The van der Waals surface area contributed by atoms with Crippen LogP contribution in [0, 0.1) is 5.82 Å². The zero-order valence-corrected chi connectivity index (χ0v) is 23.0. The van der Waals surface area contributed by atoms with Gasteiger partial charge in [-0.05, 0) is 61.7 Å². The van der Waals surface area contributed by atoms with E-state index < -0.39 is 27.5 Å². The van der Waals surface area contributed by atoms with E-state index in [2.05, 4.69) is 10.5 Å². The second-order valence-electron chi connectivity index (χ2n) is 9.90. The second kappa shape index (κ2) is 11.0. The van der Waals surface area contributed by atoms with Crippen molar-refractivity contribution in [2.24, 2.45) is 5.73 Å². The third-order valence-electron chi connectivity index (χ3n) is 6.55. The van der Waals surface area contributed by atoms with Crippen LogP contribution in [0.4, 0.5) is 10.1 Å². The molecule has 0 aliphatic rings. The molecule has 204 valence electrons. The summed E-state index contributed by atoms with van der Waals surface area (Å²) >= 11 is 0. The molecule has 0 radical (unpaired) electrons. The predicted molar refractivity (Wildman–Crippen MR) is 149 cm³/mol. The molecular weight excluding hydrogens is 519 g/mol. The third-order valence-corrected chi connectivity index (χ3v) is 7.76. The lowest BCUT2D eigenvalue weighted by Gasteiger charge is -2.21. The Balaban J connectivity index is 1.67. The molecule has 1 heterocycles. The molecule has 0 saturated carbocycles. The van der Waals surface area contributed by atoms with E-state index in [0.29, 0.717) is 23.4 Å². The van der Waals surface area contributed by atoms with E-state index in [0.717, 1.165) is 21.7 Å². The fraction of sp³-hybridized carbons (Fsp3) is 0.241. The van der Waals surface area contributed by atoms with Crippen molar-refractivity contribution >= 4 is 21.6 Å². The maximum absolute atomic E-state index is 13.3. The summed E-state index contributed by atoms with van der Waals surface area (Å²) in [6, 6.07) is 21.6. The van der Waals surface area contributed by atoms with E-state index in [1.54, 1.807) is 37.3 Å². The first-order valence-electron chi connectivity index (χ1n) is 12.3. The van der Waals surface area contributed by atoms with Crippen LogP contribution in [0.1, 0.15) is 47.1 Å². The van der Waals surface area contributed by atoms with Gasteiger partial charge in [-0.2, -0.15) is 0 Å². The molecule has 1 aromatic heterocycles. The number of sulfonamides is 1. The van der Waals surface area contributed by atoms with Crippen molar-refractivity contribution in [2.75, 3.05) is 17.6 Å². The molecule has 0 fully saturated rings. The fourth-order valence-corrected chi connectivity index (χ4v) is 4.65. The Morgan fingerprint density at radius 1 is 1.10 bits per heavy atom. The molecule has 2 atom stereocenters. The van der Waals surface area contributed by atoms with Gasteiger partial charge in [0.2, 0.25) is 10.0 Å². The molecule has 8 nitrogen and oxygen atoms in total. The van der Waals surface area contributed by atoms with Crippen molar-refractivity contribution in [3.63, 3.8) is 0 Å². The Labute approximate surface area is 227 Å². The number of aromatic nitrogens is 1. The SMILES string of the molecule is C[C@@H](NC(=O)c1cc(-c2cc(C(C)(N)Cc3ccccc3)no2)cc(N(C)S(C)(=O)=O)c1)c1ccc(F)cc1. The Bertz CT molecular complexity index is 1570. The number of rotatable bonds is 9. The quantitative estimate of drug-likeness (QED) is 0.310. The van der Waals surface area contributed by atoms with Crippen LogP contribution < -0.4 is 15.4 Å². The number of amides is 1. The van der Waals surface area contributed by atoms with E-state index in [-0.39, 0.29) is 17.1 Å². The van der Waals surface area contributed by atoms with Gasteiger partial charge in [-0.3, -0.25) is 9.10 Å². The van der Waals surface area contributed by atoms with E-state index in [4.69, 9.17) is 10.3 Å². The summed E-state index contributed by atoms with van der Waals surface area (Å²) in [5.41, 5.74) is 8.97. The number of halogens is 1. The van der Waals surface area contributed by atoms with Crippen molar-refractivity contribution in [1.82, 2.24) is 10.5 Å². The molecule has 0 bridgehead atoms. The van der Waals surface area contributed by atoms with Gasteiger partial charge in [-0.1, -0.05) is 47.6 Å². The van der Waals surface area contributed by atoms with E-state index in [1.165, 1.54) is 25.2 Å². The first-order valence-corrected chi connectivity index (χ1v) is 14.1. The normalized spacial score (nSPS) is 13.9. The number of hydrogen-bond donors (Lipinski definition) is 2. The van der Waals surface area contributed by atoms with Crippen LogP contribution in [-0.4, -0.2) is 32.8 Å². The topological polar surface area (TPSA) is 119 Å². The van der Waals surface area contributed by atoms with Gasteiger partial charge in [-0.25, -0.2) is 12.8 Å². The molecule has 4 rings (SSSR count). The van der Waals surface area contributed by atoms with Gasteiger partial charge < -0.3 is 15.6 Å². The van der Waals surface area contributed by atoms with Gasteiger partial charge in [0.15, 0.2) is 5.76 Å². The summed E-state index contributed by atoms with van der Waals surface area (Å²) in [4.78, 5) is 13.3. The molecule has 0 spiro atoms. The van der Waals surface area contributed by atoms with Crippen LogP contribution in [0.15, 0.2) is 83.4 Å². The van der Waals surface area contributed by atoms with Crippen molar-refractivity contribution in [3.8, 4) is 11.3 Å². The predicted octanol–water partition coefficient (Wildman–Crippen LogP) is 4.78. The molecule has 1 amide bonds. The summed E-state index contributed by atoms with van der Waals surface area (Å²) < 4.78 is 44.6.